The highest BCUT2D eigenvalue weighted by atomic mass is 19.1. The fraction of sp³-hybridized carbons (Fsp3) is 0.556. The van der Waals surface area contributed by atoms with Gasteiger partial charge in [-0.15, -0.1) is 0 Å². The predicted octanol–water partition coefficient (Wildman–Crippen LogP) is 1.29. The molecule has 2 N–H and O–H groups in total. The van der Waals surface area contributed by atoms with Crippen molar-refractivity contribution < 1.29 is 9.18 Å². The molecule has 0 bridgehead atoms. The first-order valence-corrected chi connectivity index (χ1v) is 8.39. The molecule has 24 heavy (non-hydrogen) atoms. The van der Waals surface area contributed by atoms with Gasteiger partial charge in [-0.3, -0.25) is 4.90 Å². The van der Waals surface area contributed by atoms with Crippen LogP contribution in [0.4, 0.5) is 4.39 Å². The summed E-state index contributed by atoms with van der Waals surface area (Å²) in [5, 5.41) is 15.4. The number of carbonyl (C=O) groups is 1. The first-order chi connectivity index (χ1) is 11.7. The number of rotatable bonds is 8. The van der Waals surface area contributed by atoms with E-state index in [4.69, 9.17) is 5.26 Å². The second-order valence-corrected chi connectivity index (χ2v) is 6.29. The number of benzene rings is 1. The number of likely N-dealkylation sites (tertiary alicyclic amines) is 1. The molecular weight excluding hydrogens is 307 g/mol. The Morgan fingerprint density at radius 3 is 2.79 bits per heavy atom. The molecule has 0 radical (unpaired) electrons. The van der Waals surface area contributed by atoms with Crippen LogP contribution in [0.3, 0.4) is 0 Å². The average molecular weight is 332 g/mol. The molecule has 0 amide bonds. The summed E-state index contributed by atoms with van der Waals surface area (Å²) in [6.07, 6.45) is 3.01. The number of aldehydes is 1. The van der Waals surface area contributed by atoms with Crippen molar-refractivity contribution in [2.45, 2.75) is 25.4 Å². The Morgan fingerprint density at radius 2 is 2.17 bits per heavy atom. The average Bonchev–Trinajstić information content (AvgIpc) is 2.59. The van der Waals surface area contributed by atoms with Crippen LogP contribution in [0.15, 0.2) is 18.2 Å². The lowest BCUT2D eigenvalue weighted by Crippen LogP contribution is -2.47. The summed E-state index contributed by atoms with van der Waals surface area (Å²) in [5.74, 6) is 0.211. The van der Waals surface area contributed by atoms with E-state index in [1.54, 1.807) is 6.07 Å². The lowest BCUT2D eigenvalue weighted by atomic mass is 9.89. The fourth-order valence-electron chi connectivity index (χ4n) is 3.38. The molecule has 1 aliphatic rings. The topological polar surface area (TPSA) is 68.2 Å². The standard InChI is InChI=1S/C18H25FN4O/c1-21-18(12-22-4-7-24)16-2-5-23(6-3-16)13-15-8-14(11-20)9-17(19)10-15/h7-10,16,18,21-22H,2-6,12-13H2,1H3. The summed E-state index contributed by atoms with van der Waals surface area (Å²) in [6.45, 7) is 3.75. The number of hydrogen-bond acceptors (Lipinski definition) is 5. The van der Waals surface area contributed by atoms with Crippen molar-refractivity contribution in [3.05, 3.63) is 35.1 Å². The molecule has 1 aromatic rings. The van der Waals surface area contributed by atoms with Crippen LogP contribution < -0.4 is 10.6 Å². The largest absolute Gasteiger partial charge is 0.315 e. The highest BCUT2D eigenvalue weighted by Gasteiger charge is 2.25. The summed E-state index contributed by atoms with van der Waals surface area (Å²) in [5.41, 5.74) is 1.22. The van der Waals surface area contributed by atoms with Crippen molar-refractivity contribution >= 4 is 6.29 Å². The van der Waals surface area contributed by atoms with Gasteiger partial charge in [-0.1, -0.05) is 0 Å². The van der Waals surface area contributed by atoms with Crippen molar-refractivity contribution in [1.82, 2.24) is 15.5 Å². The van der Waals surface area contributed by atoms with E-state index in [1.165, 1.54) is 12.1 Å². The van der Waals surface area contributed by atoms with Gasteiger partial charge in [0.1, 0.15) is 12.1 Å². The molecule has 1 atom stereocenters. The van der Waals surface area contributed by atoms with E-state index in [-0.39, 0.29) is 5.82 Å². The Labute approximate surface area is 142 Å². The van der Waals surface area contributed by atoms with Gasteiger partial charge in [-0.05, 0) is 62.7 Å². The molecule has 0 spiro atoms. The van der Waals surface area contributed by atoms with Crippen molar-refractivity contribution in [3.8, 4) is 6.07 Å². The first kappa shape index (κ1) is 18.5. The minimum Gasteiger partial charge on any atom is -0.315 e. The number of halogens is 1. The zero-order valence-electron chi connectivity index (χ0n) is 14.1. The van der Waals surface area contributed by atoms with Gasteiger partial charge in [-0.2, -0.15) is 5.26 Å². The molecule has 1 heterocycles. The zero-order valence-corrected chi connectivity index (χ0v) is 14.1. The Bertz CT molecular complexity index is 579. The van der Waals surface area contributed by atoms with Crippen LogP contribution in [0, 0.1) is 23.1 Å². The van der Waals surface area contributed by atoms with Gasteiger partial charge >= 0.3 is 0 Å². The molecule has 0 saturated carbocycles. The molecule has 6 heteroatoms. The highest BCUT2D eigenvalue weighted by Crippen LogP contribution is 2.22. The third kappa shape index (κ3) is 5.38. The van der Waals surface area contributed by atoms with Crippen LogP contribution in [0.2, 0.25) is 0 Å². The molecule has 1 fully saturated rings. The maximum Gasteiger partial charge on any atom is 0.133 e. The fourth-order valence-corrected chi connectivity index (χ4v) is 3.38. The van der Waals surface area contributed by atoms with Crippen molar-refractivity contribution in [2.24, 2.45) is 5.92 Å². The summed E-state index contributed by atoms with van der Waals surface area (Å²) in [4.78, 5) is 12.7. The van der Waals surface area contributed by atoms with Gasteiger partial charge in [-0.25, -0.2) is 4.39 Å². The van der Waals surface area contributed by atoms with Crippen LogP contribution in [0.25, 0.3) is 0 Å². The number of nitrogens with zero attached hydrogens (tertiary/aromatic N) is 2. The molecular formula is C18H25FN4O. The van der Waals surface area contributed by atoms with Crippen molar-refractivity contribution in [1.29, 1.82) is 5.26 Å². The zero-order chi connectivity index (χ0) is 17.4. The van der Waals surface area contributed by atoms with Crippen molar-refractivity contribution in [3.63, 3.8) is 0 Å². The van der Waals surface area contributed by atoms with E-state index >= 15 is 0 Å². The second kappa shape index (κ2) is 9.48. The van der Waals surface area contributed by atoms with Crippen LogP contribution in [-0.2, 0) is 11.3 Å². The first-order valence-electron chi connectivity index (χ1n) is 8.39. The Hall–Kier alpha value is -1.81. The van der Waals surface area contributed by atoms with E-state index in [9.17, 15) is 9.18 Å². The molecule has 1 unspecified atom stereocenters. The molecule has 5 nitrogen and oxygen atoms in total. The van der Waals surface area contributed by atoms with Crippen molar-refractivity contribution in [2.75, 3.05) is 33.2 Å². The Balaban J connectivity index is 1.85. The number of nitrogens with one attached hydrogen (secondary N) is 2. The smallest absolute Gasteiger partial charge is 0.133 e. The van der Waals surface area contributed by atoms with Gasteiger partial charge < -0.3 is 15.4 Å². The van der Waals surface area contributed by atoms with Crippen LogP contribution >= 0.6 is 0 Å². The van der Waals surface area contributed by atoms with E-state index in [2.05, 4.69) is 15.5 Å². The quantitative estimate of drug-likeness (QED) is 0.555. The summed E-state index contributed by atoms with van der Waals surface area (Å²) >= 11 is 0. The third-order valence-corrected chi connectivity index (χ3v) is 4.66. The number of hydrogen-bond donors (Lipinski definition) is 2. The number of nitriles is 1. The molecule has 130 valence electrons. The number of piperidine rings is 1. The highest BCUT2D eigenvalue weighted by molar-refractivity contribution is 5.51. The Kier molecular flexibility index (Phi) is 7.32. The molecule has 1 aromatic carbocycles. The number of carbonyl (C=O) groups excluding carboxylic acids is 1. The Morgan fingerprint density at radius 1 is 1.42 bits per heavy atom. The van der Waals surface area contributed by atoms with Crippen LogP contribution in [0.1, 0.15) is 24.0 Å². The number of likely N-dealkylation sites (N-methyl/N-ethyl adjacent to an activating group) is 1. The van der Waals surface area contributed by atoms with Crippen LogP contribution in [0.5, 0.6) is 0 Å². The maximum atomic E-state index is 13.5. The predicted molar refractivity (Wildman–Crippen MR) is 90.9 cm³/mol. The second-order valence-electron chi connectivity index (χ2n) is 6.29. The molecule has 1 aliphatic heterocycles. The van der Waals surface area contributed by atoms with Gasteiger partial charge in [0.25, 0.3) is 0 Å². The minimum atomic E-state index is -0.351. The van der Waals surface area contributed by atoms with E-state index in [0.29, 0.717) is 30.6 Å². The molecule has 2 rings (SSSR count). The third-order valence-electron chi connectivity index (χ3n) is 4.66. The van der Waals surface area contributed by atoms with Crippen LogP contribution in [-0.4, -0.2) is 50.5 Å². The molecule has 0 aromatic heterocycles. The lowest BCUT2D eigenvalue weighted by Gasteiger charge is -2.36. The maximum absolute atomic E-state index is 13.5. The van der Waals surface area contributed by atoms with Gasteiger partial charge in [0.15, 0.2) is 0 Å². The summed E-state index contributed by atoms with van der Waals surface area (Å²) in [6, 6.07) is 6.88. The SMILES string of the molecule is CNC(CNCC=O)C1CCN(Cc2cc(F)cc(C#N)c2)CC1. The van der Waals surface area contributed by atoms with Gasteiger partial charge in [0, 0.05) is 19.1 Å². The minimum absolute atomic E-state index is 0.351. The van der Waals surface area contributed by atoms with E-state index in [0.717, 1.165) is 44.3 Å². The van der Waals surface area contributed by atoms with E-state index in [1.807, 2.05) is 13.1 Å². The van der Waals surface area contributed by atoms with Gasteiger partial charge in [0.2, 0.25) is 0 Å². The molecule has 0 aliphatic carbocycles. The normalized spacial score (nSPS) is 17.4. The van der Waals surface area contributed by atoms with E-state index < -0.39 is 0 Å². The molecule has 1 saturated heterocycles. The summed E-state index contributed by atoms with van der Waals surface area (Å²) < 4.78 is 13.5. The monoisotopic (exact) mass is 332 g/mol. The summed E-state index contributed by atoms with van der Waals surface area (Å²) in [7, 11) is 1.95. The van der Waals surface area contributed by atoms with Gasteiger partial charge in [0.05, 0.1) is 18.2 Å². The lowest BCUT2D eigenvalue weighted by molar-refractivity contribution is -0.107.